The Morgan fingerprint density at radius 3 is 2.75 bits per heavy atom. The largest absolute Gasteiger partial charge is 0.507 e. The van der Waals surface area contributed by atoms with Crippen LogP contribution in [0.2, 0.25) is 0 Å². The number of aromatic nitrogens is 6. The second kappa shape index (κ2) is 10.4. The minimum atomic E-state index is -0.911. The Kier molecular flexibility index (Phi) is 6.38. The molecule has 4 N–H and O–H groups in total. The van der Waals surface area contributed by atoms with Gasteiger partial charge in [0.25, 0.3) is 5.91 Å². The highest BCUT2D eigenvalue weighted by Gasteiger charge is 2.27. The van der Waals surface area contributed by atoms with Gasteiger partial charge < -0.3 is 16.2 Å². The van der Waals surface area contributed by atoms with E-state index >= 15 is 0 Å². The topological polar surface area (TPSA) is 154 Å². The molecule has 218 valence electrons. The van der Waals surface area contributed by atoms with E-state index in [4.69, 9.17) is 15.7 Å². The number of carbonyl (C=O) groups is 2. The number of fused-ring (bicyclic) bond motifs is 2. The summed E-state index contributed by atoms with van der Waals surface area (Å²) in [5, 5.41) is 17.1. The molecule has 12 heteroatoms. The molecule has 0 radical (unpaired) electrons. The van der Waals surface area contributed by atoms with Crippen LogP contribution in [0.15, 0.2) is 73.1 Å². The van der Waals surface area contributed by atoms with Crippen molar-refractivity contribution in [3.05, 3.63) is 101 Å². The van der Waals surface area contributed by atoms with Crippen LogP contribution in [-0.4, -0.2) is 46.6 Å². The van der Waals surface area contributed by atoms with E-state index in [0.717, 1.165) is 34.6 Å². The zero-order valence-electron chi connectivity index (χ0n) is 23.4. The lowest BCUT2D eigenvalue weighted by Crippen LogP contribution is -2.28. The first-order valence-electron chi connectivity index (χ1n) is 13.8. The van der Waals surface area contributed by atoms with Crippen molar-refractivity contribution in [1.29, 1.82) is 0 Å². The summed E-state index contributed by atoms with van der Waals surface area (Å²) in [6.45, 7) is 0. The fourth-order valence-corrected chi connectivity index (χ4v) is 5.66. The molecule has 4 aromatic heterocycles. The standard InChI is InChI=1S/C32H25FN8O3/c1-40-12-10-26(39-40)25-8-9-27-31(36-25)41(30(37-27)21-3-2-11-35-29(21)34)19-5-6-20-17(13-19)4-7-24(20)38-32(44)22-14-18(16-42)28(43)15-23(22)33/h2-3,5-6,8-16,24,43H,4,7H2,1H3,(H2,34,35)(H,38,44)/t24-/m0/s1. The summed E-state index contributed by atoms with van der Waals surface area (Å²) in [4.78, 5) is 38.3. The maximum absolute atomic E-state index is 14.5. The third-order valence-electron chi connectivity index (χ3n) is 7.82. The van der Waals surface area contributed by atoms with Gasteiger partial charge in [0.05, 0.1) is 28.4 Å². The zero-order valence-corrected chi connectivity index (χ0v) is 23.4. The van der Waals surface area contributed by atoms with Crippen LogP contribution in [0.3, 0.4) is 0 Å². The third-order valence-corrected chi connectivity index (χ3v) is 7.82. The Balaban J connectivity index is 1.29. The number of phenolic OH excluding ortho intramolecular Hbond substituents is 1. The van der Waals surface area contributed by atoms with E-state index in [9.17, 15) is 19.1 Å². The number of nitrogens with zero attached hydrogens (tertiary/aromatic N) is 6. The molecule has 0 spiro atoms. The van der Waals surface area contributed by atoms with Crippen LogP contribution in [0, 0.1) is 5.82 Å². The molecule has 0 saturated carbocycles. The lowest BCUT2D eigenvalue weighted by Gasteiger charge is -2.16. The first-order valence-corrected chi connectivity index (χ1v) is 13.8. The number of aromatic hydroxyl groups is 1. The molecule has 1 aliphatic carbocycles. The smallest absolute Gasteiger partial charge is 0.254 e. The molecule has 7 rings (SSSR count). The first-order chi connectivity index (χ1) is 21.3. The van der Waals surface area contributed by atoms with Crippen LogP contribution >= 0.6 is 0 Å². The molecule has 11 nitrogen and oxygen atoms in total. The number of rotatable bonds is 6. The minimum absolute atomic E-state index is 0.162. The van der Waals surface area contributed by atoms with E-state index in [0.29, 0.717) is 53.2 Å². The number of amides is 1. The Morgan fingerprint density at radius 2 is 1.98 bits per heavy atom. The van der Waals surface area contributed by atoms with E-state index in [2.05, 4.69) is 15.4 Å². The number of carbonyl (C=O) groups excluding carboxylic acids is 2. The van der Waals surface area contributed by atoms with Crippen molar-refractivity contribution < 1.29 is 19.1 Å². The second-order valence-electron chi connectivity index (χ2n) is 10.6. The van der Waals surface area contributed by atoms with Crippen molar-refractivity contribution in [2.75, 3.05) is 5.73 Å². The molecule has 0 saturated heterocycles. The van der Waals surface area contributed by atoms with Crippen molar-refractivity contribution in [3.8, 4) is 34.2 Å². The predicted octanol–water partition coefficient (Wildman–Crippen LogP) is 4.54. The lowest BCUT2D eigenvalue weighted by molar-refractivity contribution is 0.0932. The van der Waals surface area contributed by atoms with Crippen LogP contribution in [0.1, 0.15) is 44.3 Å². The van der Waals surface area contributed by atoms with Crippen LogP contribution < -0.4 is 11.1 Å². The van der Waals surface area contributed by atoms with E-state index in [-0.39, 0.29) is 17.2 Å². The van der Waals surface area contributed by atoms with Gasteiger partial charge in [-0.25, -0.2) is 19.3 Å². The van der Waals surface area contributed by atoms with Gasteiger partial charge in [-0.2, -0.15) is 5.10 Å². The SMILES string of the molecule is Cn1ccc(-c2ccc3nc(-c4cccnc4N)n(-c4ccc5c(c4)CC[C@@H]5NC(=O)c4cc(C=O)c(O)cc4F)c3n2)n1. The summed E-state index contributed by atoms with van der Waals surface area (Å²) >= 11 is 0. The van der Waals surface area contributed by atoms with Gasteiger partial charge in [-0.1, -0.05) is 6.07 Å². The summed E-state index contributed by atoms with van der Waals surface area (Å²) < 4.78 is 18.2. The molecule has 0 aliphatic heterocycles. The summed E-state index contributed by atoms with van der Waals surface area (Å²) in [7, 11) is 1.85. The highest BCUT2D eigenvalue weighted by molar-refractivity contribution is 5.97. The van der Waals surface area contributed by atoms with Gasteiger partial charge in [-0.3, -0.25) is 18.8 Å². The molecule has 0 bridgehead atoms. The van der Waals surface area contributed by atoms with Gasteiger partial charge in [0.15, 0.2) is 17.8 Å². The number of aldehydes is 1. The van der Waals surface area contributed by atoms with Gasteiger partial charge in [0.2, 0.25) is 0 Å². The fourth-order valence-electron chi connectivity index (χ4n) is 5.66. The van der Waals surface area contributed by atoms with Crippen molar-refractivity contribution in [2.45, 2.75) is 18.9 Å². The normalized spacial score (nSPS) is 14.1. The van der Waals surface area contributed by atoms with E-state index in [1.54, 1.807) is 16.9 Å². The summed E-state index contributed by atoms with van der Waals surface area (Å²) in [6, 6.07) is 16.6. The highest BCUT2D eigenvalue weighted by atomic mass is 19.1. The molecule has 2 aromatic carbocycles. The quantitative estimate of drug-likeness (QED) is 0.240. The van der Waals surface area contributed by atoms with Gasteiger partial charge in [-0.05, 0) is 72.5 Å². The average molecular weight is 589 g/mol. The summed E-state index contributed by atoms with van der Waals surface area (Å²) in [5.41, 5.74) is 11.8. The minimum Gasteiger partial charge on any atom is -0.507 e. The molecular formula is C32H25FN8O3. The fraction of sp³-hybridized carbons (Fsp3) is 0.125. The molecule has 1 aliphatic rings. The number of hydrogen-bond donors (Lipinski definition) is 3. The summed E-state index contributed by atoms with van der Waals surface area (Å²) in [6.07, 6.45) is 5.11. The molecule has 1 amide bonds. The number of nitrogen functional groups attached to an aromatic ring is 1. The number of imidazole rings is 1. The van der Waals surface area contributed by atoms with Crippen LogP contribution in [0.5, 0.6) is 5.75 Å². The third kappa shape index (κ3) is 4.53. The lowest BCUT2D eigenvalue weighted by atomic mass is 10.1. The van der Waals surface area contributed by atoms with Gasteiger partial charge >= 0.3 is 0 Å². The number of hydrogen-bond acceptors (Lipinski definition) is 8. The number of pyridine rings is 2. The van der Waals surface area contributed by atoms with E-state index in [1.165, 1.54) is 0 Å². The van der Waals surface area contributed by atoms with Crippen molar-refractivity contribution in [1.82, 2.24) is 34.6 Å². The molecule has 0 unspecified atom stereocenters. The van der Waals surface area contributed by atoms with Crippen molar-refractivity contribution in [3.63, 3.8) is 0 Å². The Hall–Kier alpha value is -5.91. The number of nitrogens with one attached hydrogen (secondary N) is 1. The van der Waals surface area contributed by atoms with E-state index in [1.807, 2.05) is 60.3 Å². The molecule has 1 atom stereocenters. The van der Waals surface area contributed by atoms with Crippen LogP contribution in [-0.2, 0) is 13.5 Å². The number of aryl methyl sites for hydroxylation is 2. The number of phenols is 1. The highest BCUT2D eigenvalue weighted by Crippen LogP contribution is 2.36. The zero-order chi connectivity index (χ0) is 30.5. The molecule has 6 aromatic rings. The van der Waals surface area contributed by atoms with E-state index < -0.39 is 17.5 Å². The molecular weight excluding hydrogens is 563 g/mol. The Bertz CT molecular complexity index is 2120. The maximum atomic E-state index is 14.5. The van der Waals surface area contributed by atoms with Crippen LogP contribution in [0.4, 0.5) is 10.2 Å². The van der Waals surface area contributed by atoms with Gasteiger partial charge in [-0.15, -0.1) is 0 Å². The molecule has 4 heterocycles. The number of anilines is 1. The Morgan fingerprint density at radius 1 is 1.11 bits per heavy atom. The van der Waals surface area contributed by atoms with Gasteiger partial charge in [0.1, 0.15) is 28.6 Å². The summed E-state index contributed by atoms with van der Waals surface area (Å²) in [5.74, 6) is -1.20. The van der Waals surface area contributed by atoms with Crippen molar-refractivity contribution >= 4 is 29.2 Å². The van der Waals surface area contributed by atoms with Gasteiger partial charge in [0, 0.05) is 31.2 Å². The Labute approximate surface area is 249 Å². The monoisotopic (exact) mass is 588 g/mol. The number of halogens is 1. The average Bonchev–Trinajstić information content (AvgIpc) is 3.73. The number of nitrogens with two attached hydrogens (primary N) is 1. The maximum Gasteiger partial charge on any atom is 0.254 e. The second-order valence-corrected chi connectivity index (χ2v) is 10.6. The number of benzene rings is 2. The molecule has 44 heavy (non-hydrogen) atoms. The predicted molar refractivity (Wildman–Crippen MR) is 161 cm³/mol. The van der Waals surface area contributed by atoms with Crippen molar-refractivity contribution in [2.24, 2.45) is 7.05 Å². The first kappa shape index (κ1) is 27.0. The van der Waals surface area contributed by atoms with Crippen LogP contribution in [0.25, 0.3) is 39.6 Å². The molecule has 0 fully saturated rings.